The number of nitrogens with zero attached hydrogens (tertiary/aromatic N) is 2. The highest BCUT2D eigenvalue weighted by molar-refractivity contribution is 5.18. The highest BCUT2D eigenvalue weighted by Crippen LogP contribution is 2.11. The number of aromatic nitrogens is 2. The average Bonchev–Trinajstić information content (AvgIpc) is 2.70. The number of aryl methyl sites for hydroxylation is 1. The van der Waals surface area contributed by atoms with E-state index in [9.17, 15) is 8.78 Å². The monoisotopic (exact) mass is 237 g/mol. The molecular weight excluding hydrogens is 224 g/mol. The molecule has 0 bridgehead atoms. The van der Waals surface area contributed by atoms with Gasteiger partial charge in [-0.15, -0.1) is 0 Å². The molecular formula is C12H13F2N3. The summed E-state index contributed by atoms with van der Waals surface area (Å²) in [6.45, 7) is 0.863. The molecule has 0 radical (unpaired) electrons. The molecule has 2 aromatic rings. The standard InChI is InChI=1S/C12H13F2N3/c1-17-8-9(6-16-17)5-15-7-10-3-2-4-11(13)12(10)14/h2-4,6,8,15H,5,7H2,1H3. The van der Waals surface area contributed by atoms with E-state index in [1.165, 1.54) is 6.07 Å². The topological polar surface area (TPSA) is 29.9 Å². The Morgan fingerprint density at radius 2 is 2.12 bits per heavy atom. The molecule has 0 atom stereocenters. The Hall–Kier alpha value is -1.75. The van der Waals surface area contributed by atoms with E-state index < -0.39 is 11.6 Å². The van der Waals surface area contributed by atoms with Crippen LogP contribution in [0.2, 0.25) is 0 Å². The van der Waals surface area contributed by atoms with Crippen molar-refractivity contribution in [3.05, 3.63) is 53.4 Å². The van der Waals surface area contributed by atoms with Crippen molar-refractivity contribution < 1.29 is 8.78 Å². The predicted molar refractivity (Wildman–Crippen MR) is 60.1 cm³/mol. The summed E-state index contributed by atoms with van der Waals surface area (Å²) in [6, 6.07) is 4.17. The molecule has 0 spiro atoms. The molecule has 0 saturated carbocycles. The molecule has 1 aromatic heterocycles. The van der Waals surface area contributed by atoms with Gasteiger partial charge in [0.1, 0.15) is 0 Å². The van der Waals surface area contributed by atoms with E-state index in [-0.39, 0.29) is 0 Å². The average molecular weight is 237 g/mol. The van der Waals surface area contributed by atoms with Crippen LogP contribution < -0.4 is 5.32 Å². The van der Waals surface area contributed by atoms with Gasteiger partial charge in [0, 0.05) is 37.5 Å². The lowest BCUT2D eigenvalue weighted by atomic mass is 10.2. The van der Waals surface area contributed by atoms with Crippen molar-refractivity contribution in [2.75, 3.05) is 0 Å². The van der Waals surface area contributed by atoms with Crippen LogP contribution >= 0.6 is 0 Å². The third-order valence-corrected chi connectivity index (χ3v) is 2.43. The molecule has 0 unspecified atom stereocenters. The lowest BCUT2D eigenvalue weighted by Gasteiger charge is -2.05. The summed E-state index contributed by atoms with van der Waals surface area (Å²) in [7, 11) is 1.83. The van der Waals surface area contributed by atoms with Gasteiger partial charge in [-0.05, 0) is 6.07 Å². The second kappa shape index (κ2) is 5.05. The fourth-order valence-electron chi connectivity index (χ4n) is 1.59. The largest absolute Gasteiger partial charge is 0.308 e. The zero-order chi connectivity index (χ0) is 12.3. The quantitative estimate of drug-likeness (QED) is 0.881. The molecule has 90 valence electrons. The maximum atomic E-state index is 13.3. The Morgan fingerprint density at radius 1 is 1.29 bits per heavy atom. The minimum atomic E-state index is -0.814. The van der Waals surface area contributed by atoms with E-state index in [4.69, 9.17) is 0 Å². The van der Waals surface area contributed by atoms with Gasteiger partial charge >= 0.3 is 0 Å². The van der Waals surface area contributed by atoms with E-state index in [0.29, 0.717) is 18.7 Å². The summed E-state index contributed by atoms with van der Waals surface area (Å²) >= 11 is 0. The normalized spacial score (nSPS) is 10.8. The summed E-state index contributed by atoms with van der Waals surface area (Å²) in [5.41, 5.74) is 1.33. The third-order valence-electron chi connectivity index (χ3n) is 2.43. The van der Waals surface area contributed by atoms with E-state index in [2.05, 4.69) is 10.4 Å². The molecule has 2 rings (SSSR count). The molecule has 1 N–H and O–H groups in total. The van der Waals surface area contributed by atoms with Gasteiger partial charge < -0.3 is 5.32 Å². The highest BCUT2D eigenvalue weighted by atomic mass is 19.2. The number of rotatable bonds is 4. The van der Waals surface area contributed by atoms with Gasteiger partial charge in [0.15, 0.2) is 11.6 Å². The number of hydrogen-bond donors (Lipinski definition) is 1. The Kier molecular flexibility index (Phi) is 3.49. The van der Waals surface area contributed by atoms with Crippen LogP contribution in [0, 0.1) is 11.6 Å². The molecule has 0 aliphatic rings. The van der Waals surface area contributed by atoms with Crippen LogP contribution in [0.25, 0.3) is 0 Å². The third kappa shape index (κ3) is 2.88. The van der Waals surface area contributed by atoms with Gasteiger partial charge in [-0.1, -0.05) is 12.1 Å². The van der Waals surface area contributed by atoms with Crippen molar-refractivity contribution in [3.8, 4) is 0 Å². The molecule has 3 nitrogen and oxygen atoms in total. The van der Waals surface area contributed by atoms with Crippen molar-refractivity contribution in [3.63, 3.8) is 0 Å². The molecule has 17 heavy (non-hydrogen) atoms. The predicted octanol–water partition coefficient (Wildman–Crippen LogP) is 1.99. The number of benzene rings is 1. The zero-order valence-electron chi connectivity index (χ0n) is 9.45. The lowest BCUT2D eigenvalue weighted by Crippen LogP contribution is -2.13. The molecule has 0 aliphatic heterocycles. The van der Waals surface area contributed by atoms with Crippen LogP contribution in [0.5, 0.6) is 0 Å². The summed E-state index contributed by atoms with van der Waals surface area (Å²) in [6.07, 6.45) is 3.60. The molecule has 0 saturated heterocycles. The Morgan fingerprint density at radius 3 is 2.82 bits per heavy atom. The van der Waals surface area contributed by atoms with Crippen LogP contribution in [0.1, 0.15) is 11.1 Å². The SMILES string of the molecule is Cn1cc(CNCc2cccc(F)c2F)cn1. The lowest BCUT2D eigenvalue weighted by molar-refractivity contribution is 0.492. The van der Waals surface area contributed by atoms with Crippen molar-refractivity contribution in [2.24, 2.45) is 7.05 Å². The molecule has 1 heterocycles. The van der Waals surface area contributed by atoms with Gasteiger partial charge in [-0.3, -0.25) is 4.68 Å². The Bertz CT molecular complexity index is 508. The first kappa shape index (κ1) is 11.7. The summed E-state index contributed by atoms with van der Waals surface area (Å²) in [5, 5.41) is 7.06. The highest BCUT2D eigenvalue weighted by Gasteiger charge is 2.06. The van der Waals surface area contributed by atoms with E-state index in [1.54, 1.807) is 16.9 Å². The van der Waals surface area contributed by atoms with Crippen LogP contribution in [0.3, 0.4) is 0 Å². The Labute approximate surface area is 98.1 Å². The number of hydrogen-bond acceptors (Lipinski definition) is 2. The van der Waals surface area contributed by atoms with Gasteiger partial charge in [0.2, 0.25) is 0 Å². The summed E-state index contributed by atoms with van der Waals surface area (Å²) < 4.78 is 27.9. The van der Waals surface area contributed by atoms with Crippen molar-refractivity contribution in [2.45, 2.75) is 13.1 Å². The van der Waals surface area contributed by atoms with Crippen LogP contribution in [0.15, 0.2) is 30.6 Å². The van der Waals surface area contributed by atoms with E-state index >= 15 is 0 Å². The van der Waals surface area contributed by atoms with Crippen LogP contribution in [-0.2, 0) is 20.1 Å². The van der Waals surface area contributed by atoms with Gasteiger partial charge in [-0.25, -0.2) is 8.78 Å². The second-order valence-electron chi connectivity index (χ2n) is 3.84. The minimum Gasteiger partial charge on any atom is -0.308 e. The summed E-state index contributed by atoms with van der Waals surface area (Å²) in [5.74, 6) is -1.60. The fourth-order valence-corrected chi connectivity index (χ4v) is 1.59. The molecule has 0 amide bonds. The maximum Gasteiger partial charge on any atom is 0.163 e. The molecule has 0 fully saturated rings. The second-order valence-corrected chi connectivity index (χ2v) is 3.84. The first-order valence-electron chi connectivity index (χ1n) is 5.28. The number of halogens is 2. The number of nitrogens with one attached hydrogen (secondary N) is 1. The smallest absolute Gasteiger partial charge is 0.163 e. The van der Waals surface area contributed by atoms with E-state index in [1.807, 2.05) is 13.2 Å². The van der Waals surface area contributed by atoms with Crippen LogP contribution in [0.4, 0.5) is 8.78 Å². The van der Waals surface area contributed by atoms with Crippen molar-refractivity contribution >= 4 is 0 Å². The maximum absolute atomic E-state index is 13.3. The zero-order valence-corrected chi connectivity index (χ0v) is 9.45. The minimum absolute atomic E-state index is 0.290. The van der Waals surface area contributed by atoms with Crippen LogP contribution in [-0.4, -0.2) is 9.78 Å². The van der Waals surface area contributed by atoms with Gasteiger partial charge in [0.25, 0.3) is 0 Å². The van der Waals surface area contributed by atoms with Gasteiger partial charge in [-0.2, -0.15) is 5.10 Å². The Balaban J connectivity index is 1.92. The van der Waals surface area contributed by atoms with E-state index in [0.717, 1.165) is 11.6 Å². The summed E-state index contributed by atoms with van der Waals surface area (Å²) in [4.78, 5) is 0. The first-order valence-corrected chi connectivity index (χ1v) is 5.28. The fraction of sp³-hybridized carbons (Fsp3) is 0.250. The molecule has 1 aromatic carbocycles. The first-order chi connectivity index (χ1) is 8.16. The van der Waals surface area contributed by atoms with Crippen molar-refractivity contribution in [1.29, 1.82) is 0 Å². The van der Waals surface area contributed by atoms with Gasteiger partial charge in [0.05, 0.1) is 6.20 Å². The van der Waals surface area contributed by atoms with Crippen molar-refractivity contribution in [1.82, 2.24) is 15.1 Å². The molecule has 5 heteroatoms. The molecule has 0 aliphatic carbocycles.